The molecule has 0 spiro atoms. The van der Waals surface area contributed by atoms with E-state index in [2.05, 4.69) is 5.32 Å². The van der Waals surface area contributed by atoms with E-state index in [-0.39, 0.29) is 11.9 Å². The number of ether oxygens (including phenoxy) is 2. The third-order valence-electron chi connectivity index (χ3n) is 4.97. The summed E-state index contributed by atoms with van der Waals surface area (Å²) in [5.41, 5.74) is 3.83. The standard InChI is InChI=1S/C21H27ClN2O3/c1-13-10-19(26-5)20(27-6)11-16(13)12-24(4)15(3)21(25)23-18-9-7-8-17(22)14(18)2/h7-11,15H,12H2,1-6H3,(H,23,25)/p+1/t15-/m0/s1. The number of amides is 1. The first kappa shape index (κ1) is 21.1. The maximum absolute atomic E-state index is 12.7. The highest BCUT2D eigenvalue weighted by Gasteiger charge is 2.24. The Morgan fingerprint density at radius 1 is 1.19 bits per heavy atom. The minimum atomic E-state index is -0.240. The smallest absolute Gasteiger partial charge is 0.282 e. The largest absolute Gasteiger partial charge is 0.493 e. The monoisotopic (exact) mass is 391 g/mol. The Hall–Kier alpha value is -2.24. The summed E-state index contributed by atoms with van der Waals surface area (Å²) in [5, 5.41) is 3.62. The van der Waals surface area contributed by atoms with Gasteiger partial charge in [0.1, 0.15) is 6.54 Å². The molecule has 0 aliphatic heterocycles. The van der Waals surface area contributed by atoms with E-state index in [1.165, 1.54) is 0 Å². The molecule has 0 aliphatic carbocycles. The second kappa shape index (κ2) is 9.11. The van der Waals surface area contributed by atoms with E-state index in [9.17, 15) is 4.79 Å². The topological polar surface area (TPSA) is 52.0 Å². The lowest BCUT2D eigenvalue weighted by atomic mass is 10.1. The van der Waals surface area contributed by atoms with Gasteiger partial charge in [0.2, 0.25) is 0 Å². The summed E-state index contributed by atoms with van der Waals surface area (Å²) < 4.78 is 10.7. The molecule has 2 N–H and O–H groups in total. The van der Waals surface area contributed by atoms with Gasteiger partial charge >= 0.3 is 0 Å². The van der Waals surface area contributed by atoms with Crippen molar-refractivity contribution >= 4 is 23.2 Å². The number of hydrogen-bond acceptors (Lipinski definition) is 3. The Morgan fingerprint density at radius 2 is 1.81 bits per heavy atom. The molecule has 5 nitrogen and oxygen atoms in total. The summed E-state index contributed by atoms with van der Waals surface area (Å²) in [7, 11) is 5.25. The molecule has 2 rings (SSSR count). The Labute approximate surface area is 166 Å². The van der Waals surface area contributed by atoms with Crippen molar-refractivity contribution in [2.75, 3.05) is 26.6 Å². The number of carbonyl (C=O) groups excluding carboxylic acids is 1. The highest BCUT2D eigenvalue weighted by molar-refractivity contribution is 6.31. The predicted octanol–water partition coefficient (Wildman–Crippen LogP) is 3.02. The highest BCUT2D eigenvalue weighted by Crippen LogP contribution is 2.30. The van der Waals surface area contributed by atoms with Crippen molar-refractivity contribution in [2.45, 2.75) is 33.4 Å². The van der Waals surface area contributed by atoms with Crippen LogP contribution in [0.25, 0.3) is 0 Å². The van der Waals surface area contributed by atoms with Crippen LogP contribution in [-0.4, -0.2) is 33.2 Å². The molecule has 0 aliphatic rings. The third-order valence-corrected chi connectivity index (χ3v) is 5.38. The number of rotatable bonds is 7. The van der Waals surface area contributed by atoms with Crippen LogP contribution in [0.5, 0.6) is 11.5 Å². The van der Waals surface area contributed by atoms with Gasteiger partial charge < -0.3 is 19.7 Å². The molecule has 1 amide bonds. The second-order valence-corrected chi connectivity index (χ2v) is 7.19. The number of quaternary nitrogens is 1. The molecule has 0 fully saturated rings. The average molecular weight is 392 g/mol. The number of likely N-dealkylation sites (N-methyl/N-ethyl adjacent to an activating group) is 1. The minimum Gasteiger partial charge on any atom is -0.493 e. The maximum Gasteiger partial charge on any atom is 0.282 e. The zero-order chi connectivity index (χ0) is 20.1. The van der Waals surface area contributed by atoms with Crippen LogP contribution in [0.4, 0.5) is 5.69 Å². The average Bonchev–Trinajstić information content (AvgIpc) is 2.65. The molecule has 2 aromatic carbocycles. The molecule has 0 heterocycles. The number of hydrogen-bond donors (Lipinski definition) is 2. The SMILES string of the molecule is COc1cc(C)c(C[NH+](C)[C@@H](C)C(=O)Nc2cccc(Cl)c2C)cc1OC. The molecule has 27 heavy (non-hydrogen) atoms. The summed E-state index contributed by atoms with van der Waals surface area (Å²) in [5.74, 6) is 1.35. The van der Waals surface area contributed by atoms with Gasteiger partial charge in [0, 0.05) is 16.3 Å². The lowest BCUT2D eigenvalue weighted by Gasteiger charge is -2.23. The molecule has 0 saturated heterocycles. The fraction of sp³-hybridized carbons (Fsp3) is 0.381. The first-order valence-electron chi connectivity index (χ1n) is 8.88. The quantitative estimate of drug-likeness (QED) is 0.762. The zero-order valence-electron chi connectivity index (χ0n) is 16.8. The van der Waals surface area contributed by atoms with Crippen LogP contribution in [0.3, 0.4) is 0 Å². The Bertz CT molecular complexity index is 823. The fourth-order valence-electron chi connectivity index (χ4n) is 2.87. The lowest BCUT2D eigenvalue weighted by Crippen LogP contribution is -3.12. The summed E-state index contributed by atoms with van der Waals surface area (Å²) in [4.78, 5) is 13.8. The van der Waals surface area contributed by atoms with Gasteiger partial charge in [0.25, 0.3) is 5.91 Å². The molecule has 2 aromatic rings. The van der Waals surface area contributed by atoms with E-state index in [0.717, 1.165) is 27.3 Å². The van der Waals surface area contributed by atoms with Crippen molar-refractivity contribution < 1.29 is 19.2 Å². The molecule has 6 heteroatoms. The van der Waals surface area contributed by atoms with E-state index in [4.69, 9.17) is 21.1 Å². The van der Waals surface area contributed by atoms with Crippen molar-refractivity contribution in [1.29, 1.82) is 0 Å². The number of anilines is 1. The first-order valence-corrected chi connectivity index (χ1v) is 9.26. The molecule has 0 aromatic heterocycles. The fourth-order valence-corrected chi connectivity index (χ4v) is 3.05. The highest BCUT2D eigenvalue weighted by atomic mass is 35.5. The van der Waals surface area contributed by atoms with Gasteiger partial charge in [-0.1, -0.05) is 17.7 Å². The van der Waals surface area contributed by atoms with Crippen molar-refractivity contribution in [3.8, 4) is 11.5 Å². The van der Waals surface area contributed by atoms with Crippen molar-refractivity contribution in [3.05, 3.63) is 52.0 Å². The Kier molecular flexibility index (Phi) is 7.11. The van der Waals surface area contributed by atoms with Gasteiger partial charge in [0.15, 0.2) is 17.5 Å². The predicted molar refractivity (Wildman–Crippen MR) is 109 cm³/mol. The minimum absolute atomic E-state index is 0.0454. The van der Waals surface area contributed by atoms with Gasteiger partial charge in [-0.2, -0.15) is 0 Å². The summed E-state index contributed by atoms with van der Waals surface area (Å²) in [6.07, 6.45) is 0. The van der Waals surface area contributed by atoms with Crippen LogP contribution in [-0.2, 0) is 11.3 Å². The number of halogens is 1. The summed E-state index contributed by atoms with van der Waals surface area (Å²) in [6.45, 7) is 6.53. The van der Waals surface area contributed by atoms with Gasteiger partial charge in [-0.3, -0.25) is 4.79 Å². The Balaban J connectivity index is 2.12. The van der Waals surface area contributed by atoms with Crippen molar-refractivity contribution in [1.82, 2.24) is 0 Å². The van der Waals surface area contributed by atoms with E-state index < -0.39 is 0 Å². The normalized spacial score (nSPS) is 13.0. The molecular weight excluding hydrogens is 364 g/mol. The number of methoxy groups -OCH3 is 2. The van der Waals surface area contributed by atoms with Crippen LogP contribution >= 0.6 is 11.6 Å². The maximum atomic E-state index is 12.7. The molecule has 0 bridgehead atoms. The van der Waals surface area contributed by atoms with E-state index in [1.54, 1.807) is 14.2 Å². The number of carbonyl (C=O) groups is 1. The molecular formula is C21H28ClN2O3+. The molecule has 1 unspecified atom stereocenters. The van der Waals surface area contributed by atoms with Crippen LogP contribution in [0, 0.1) is 13.8 Å². The van der Waals surface area contributed by atoms with Crippen LogP contribution in [0.15, 0.2) is 30.3 Å². The van der Waals surface area contributed by atoms with Crippen LogP contribution in [0.1, 0.15) is 23.6 Å². The first-order chi connectivity index (χ1) is 12.8. The molecule has 0 saturated carbocycles. The van der Waals surface area contributed by atoms with Gasteiger partial charge in [-0.15, -0.1) is 0 Å². The van der Waals surface area contributed by atoms with Crippen molar-refractivity contribution in [2.24, 2.45) is 0 Å². The molecule has 0 radical (unpaired) electrons. The number of aryl methyl sites for hydroxylation is 1. The van der Waals surface area contributed by atoms with Gasteiger partial charge in [-0.05, 0) is 56.2 Å². The van der Waals surface area contributed by atoms with Gasteiger partial charge in [0.05, 0.1) is 21.3 Å². The van der Waals surface area contributed by atoms with E-state index in [0.29, 0.717) is 23.1 Å². The van der Waals surface area contributed by atoms with E-state index >= 15 is 0 Å². The van der Waals surface area contributed by atoms with Crippen LogP contribution in [0.2, 0.25) is 5.02 Å². The number of benzene rings is 2. The van der Waals surface area contributed by atoms with Crippen LogP contribution < -0.4 is 19.7 Å². The summed E-state index contributed by atoms with van der Waals surface area (Å²) in [6, 6.07) is 9.20. The zero-order valence-corrected chi connectivity index (χ0v) is 17.5. The Morgan fingerprint density at radius 3 is 2.44 bits per heavy atom. The lowest BCUT2D eigenvalue weighted by molar-refractivity contribution is -0.907. The summed E-state index contributed by atoms with van der Waals surface area (Å²) >= 11 is 6.14. The van der Waals surface area contributed by atoms with E-state index in [1.807, 2.05) is 58.2 Å². The van der Waals surface area contributed by atoms with Gasteiger partial charge in [-0.25, -0.2) is 0 Å². The molecule has 146 valence electrons. The number of nitrogens with one attached hydrogen (secondary N) is 2. The third kappa shape index (κ3) is 4.93. The second-order valence-electron chi connectivity index (χ2n) is 6.78. The molecule has 2 atom stereocenters. The van der Waals surface area contributed by atoms with Crippen molar-refractivity contribution in [3.63, 3.8) is 0 Å².